The summed E-state index contributed by atoms with van der Waals surface area (Å²) in [4.78, 5) is 20.5. The summed E-state index contributed by atoms with van der Waals surface area (Å²) in [7, 11) is 0. The van der Waals surface area contributed by atoms with Gasteiger partial charge in [0.25, 0.3) is 5.91 Å². The third kappa shape index (κ3) is 5.10. The molecule has 0 unspecified atom stereocenters. The summed E-state index contributed by atoms with van der Waals surface area (Å²) in [6.07, 6.45) is 5.70. The SMILES string of the molecule is O=C(c1cncc(F)c1)N1CCCN(CCCc2ccccc2)CC1. The van der Waals surface area contributed by atoms with Crippen molar-refractivity contribution in [3.05, 3.63) is 65.7 Å². The number of hydrogen-bond donors (Lipinski definition) is 0. The van der Waals surface area contributed by atoms with Gasteiger partial charge in [-0.3, -0.25) is 9.78 Å². The molecule has 0 aliphatic carbocycles. The maximum atomic E-state index is 13.3. The summed E-state index contributed by atoms with van der Waals surface area (Å²) in [5.74, 6) is -0.596. The predicted octanol–water partition coefficient (Wildman–Crippen LogP) is 3.00. The highest BCUT2D eigenvalue weighted by Gasteiger charge is 2.20. The van der Waals surface area contributed by atoms with Gasteiger partial charge in [0.05, 0.1) is 11.8 Å². The lowest BCUT2D eigenvalue weighted by Gasteiger charge is -2.22. The average Bonchev–Trinajstić information content (AvgIpc) is 2.88. The van der Waals surface area contributed by atoms with Gasteiger partial charge in [0.2, 0.25) is 0 Å². The van der Waals surface area contributed by atoms with Crippen molar-refractivity contribution in [2.24, 2.45) is 0 Å². The third-order valence-electron chi connectivity index (χ3n) is 4.61. The Morgan fingerprint density at radius 2 is 1.92 bits per heavy atom. The summed E-state index contributed by atoms with van der Waals surface area (Å²) < 4.78 is 13.3. The number of amides is 1. The fourth-order valence-corrected chi connectivity index (χ4v) is 3.26. The molecule has 0 saturated carbocycles. The molecule has 1 saturated heterocycles. The van der Waals surface area contributed by atoms with Gasteiger partial charge in [-0.1, -0.05) is 30.3 Å². The molecule has 1 aliphatic heterocycles. The quantitative estimate of drug-likeness (QED) is 0.839. The molecule has 3 rings (SSSR count). The molecule has 1 aromatic heterocycles. The van der Waals surface area contributed by atoms with Crippen LogP contribution in [0.5, 0.6) is 0 Å². The monoisotopic (exact) mass is 341 g/mol. The minimum atomic E-state index is -0.469. The van der Waals surface area contributed by atoms with E-state index in [9.17, 15) is 9.18 Å². The van der Waals surface area contributed by atoms with E-state index >= 15 is 0 Å². The zero-order chi connectivity index (χ0) is 17.5. The second kappa shape index (κ2) is 8.72. The summed E-state index contributed by atoms with van der Waals surface area (Å²) in [5.41, 5.74) is 1.70. The summed E-state index contributed by atoms with van der Waals surface area (Å²) in [5, 5.41) is 0. The number of aryl methyl sites for hydroxylation is 1. The van der Waals surface area contributed by atoms with E-state index in [1.165, 1.54) is 17.8 Å². The number of nitrogens with zero attached hydrogens (tertiary/aromatic N) is 3. The molecule has 2 aromatic rings. The van der Waals surface area contributed by atoms with Crippen molar-refractivity contribution in [2.75, 3.05) is 32.7 Å². The van der Waals surface area contributed by atoms with Crippen LogP contribution >= 0.6 is 0 Å². The number of carbonyl (C=O) groups excluding carboxylic acids is 1. The maximum Gasteiger partial charge on any atom is 0.255 e. The molecule has 1 amide bonds. The number of rotatable bonds is 5. The highest BCUT2D eigenvalue weighted by atomic mass is 19.1. The molecule has 0 spiro atoms. The standard InChI is InChI=1S/C20H24FN3O/c21-19-14-18(15-22-16-19)20(25)24-11-5-10-23(12-13-24)9-4-8-17-6-2-1-3-7-17/h1-3,6-7,14-16H,4-5,8-13H2. The molecule has 0 N–H and O–H groups in total. The lowest BCUT2D eigenvalue weighted by Crippen LogP contribution is -2.35. The van der Waals surface area contributed by atoms with Crippen molar-refractivity contribution in [1.82, 2.24) is 14.8 Å². The summed E-state index contributed by atoms with van der Waals surface area (Å²) in [6, 6.07) is 11.8. The van der Waals surface area contributed by atoms with Crippen LogP contribution in [0.1, 0.15) is 28.8 Å². The van der Waals surface area contributed by atoms with Gasteiger partial charge in [-0.25, -0.2) is 4.39 Å². The number of pyridine rings is 1. The molecule has 132 valence electrons. The lowest BCUT2D eigenvalue weighted by atomic mass is 10.1. The minimum Gasteiger partial charge on any atom is -0.337 e. The Balaban J connectivity index is 1.48. The zero-order valence-corrected chi connectivity index (χ0v) is 14.4. The van der Waals surface area contributed by atoms with Gasteiger partial charge in [0.1, 0.15) is 5.82 Å². The van der Waals surface area contributed by atoms with Crippen LogP contribution < -0.4 is 0 Å². The van der Waals surface area contributed by atoms with Crippen LogP contribution in [0, 0.1) is 5.82 Å². The van der Waals surface area contributed by atoms with Crippen molar-refractivity contribution < 1.29 is 9.18 Å². The van der Waals surface area contributed by atoms with E-state index in [-0.39, 0.29) is 5.91 Å². The molecule has 2 heterocycles. The molecular weight excluding hydrogens is 317 g/mol. The second-order valence-electron chi connectivity index (χ2n) is 6.47. The number of hydrogen-bond acceptors (Lipinski definition) is 3. The van der Waals surface area contributed by atoms with Gasteiger partial charge in [-0.05, 0) is 44.0 Å². The van der Waals surface area contributed by atoms with Gasteiger partial charge in [-0.2, -0.15) is 0 Å². The molecule has 4 nitrogen and oxygen atoms in total. The van der Waals surface area contributed by atoms with E-state index in [4.69, 9.17) is 0 Å². The van der Waals surface area contributed by atoms with Crippen LogP contribution in [0.25, 0.3) is 0 Å². The van der Waals surface area contributed by atoms with Crippen LogP contribution in [0.15, 0.2) is 48.8 Å². The molecule has 5 heteroatoms. The number of halogens is 1. The molecule has 1 aliphatic rings. The van der Waals surface area contributed by atoms with Gasteiger partial charge >= 0.3 is 0 Å². The number of carbonyl (C=O) groups is 1. The van der Waals surface area contributed by atoms with Gasteiger partial charge in [0, 0.05) is 25.8 Å². The van der Waals surface area contributed by atoms with E-state index in [0.717, 1.165) is 45.1 Å². The number of aromatic nitrogens is 1. The van der Waals surface area contributed by atoms with E-state index in [1.54, 1.807) is 0 Å². The smallest absolute Gasteiger partial charge is 0.255 e. The Morgan fingerprint density at radius 3 is 2.72 bits per heavy atom. The van der Waals surface area contributed by atoms with Gasteiger partial charge in [0.15, 0.2) is 0 Å². The van der Waals surface area contributed by atoms with E-state index < -0.39 is 5.82 Å². The Labute approximate surface area is 148 Å². The van der Waals surface area contributed by atoms with Crippen molar-refractivity contribution >= 4 is 5.91 Å². The normalized spacial score (nSPS) is 15.8. The fourth-order valence-electron chi connectivity index (χ4n) is 3.26. The van der Waals surface area contributed by atoms with Crippen LogP contribution in [0.2, 0.25) is 0 Å². The minimum absolute atomic E-state index is 0.127. The van der Waals surface area contributed by atoms with Crippen LogP contribution in [0.4, 0.5) is 4.39 Å². The first-order valence-corrected chi connectivity index (χ1v) is 8.88. The van der Waals surface area contributed by atoms with Crippen LogP contribution in [-0.2, 0) is 6.42 Å². The zero-order valence-electron chi connectivity index (χ0n) is 14.4. The molecule has 0 atom stereocenters. The first-order valence-electron chi connectivity index (χ1n) is 8.88. The maximum absolute atomic E-state index is 13.3. The highest BCUT2D eigenvalue weighted by Crippen LogP contribution is 2.11. The first-order chi connectivity index (χ1) is 12.2. The number of benzene rings is 1. The molecule has 1 aromatic carbocycles. The Kier molecular flexibility index (Phi) is 6.12. The van der Waals surface area contributed by atoms with Crippen LogP contribution in [-0.4, -0.2) is 53.4 Å². The summed E-state index contributed by atoms with van der Waals surface area (Å²) >= 11 is 0. The van der Waals surface area contributed by atoms with Crippen molar-refractivity contribution in [3.8, 4) is 0 Å². The Hall–Kier alpha value is -2.27. The predicted molar refractivity (Wildman–Crippen MR) is 95.9 cm³/mol. The van der Waals surface area contributed by atoms with Crippen molar-refractivity contribution in [3.63, 3.8) is 0 Å². The largest absolute Gasteiger partial charge is 0.337 e. The topological polar surface area (TPSA) is 36.4 Å². The molecule has 25 heavy (non-hydrogen) atoms. The Bertz CT molecular complexity index is 692. The van der Waals surface area contributed by atoms with Crippen molar-refractivity contribution in [2.45, 2.75) is 19.3 Å². The first kappa shape index (κ1) is 17.5. The third-order valence-corrected chi connectivity index (χ3v) is 4.61. The Morgan fingerprint density at radius 1 is 1.08 bits per heavy atom. The van der Waals surface area contributed by atoms with E-state index in [2.05, 4.69) is 34.1 Å². The van der Waals surface area contributed by atoms with E-state index in [1.807, 2.05) is 11.0 Å². The molecule has 0 radical (unpaired) electrons. The summed E-state index contributed by atoms with van der Waals surface area (Å²) in [6.45, 7) is 4.30. The second-order valence-corrected chi connectivity index (χ2v) is 6.47. The van der Waals surface area contributed by atoms with Gasteiger partial charge < -0.3 is 9.80 Å². The average molecular weight is 341 g/mol. The molecule has 0 bridgehead atoms. The van der Waals surface area contributed by atoms with E-state index in [0.29, 0.717) is 18.7 Å². The van der Waals surface area contributed by atoms with Gasteiger partial charge in [-0.15, -0.1) is 0 Å². The van der Waals surface area contributed by atoms with Crippen LogP contribution in [0.3, 0.4) is 0 Å². The highest BCUT2D eigenvalue weighted by molar-refractivity contribution is 5.93. The molecule has 1 fully saturated rings. The lowest BCUT2D eigenvalue weighted by molar-refractivity contribution is 0.0760. The van der Waals surface area contributed by atoms with Crippen molar-refractivity contribution in [1.29, 1.82) is 0 Å². The molecular formula is C20H24FN3O. The fraction of sp³-hybridized carbons (Fsp3) is 0.400.